The van der Waals surface area contributed by atoms with Crippen LogP contribution < -0.4 is 20.5 Å². The van der Waals surface area contributed by atoms with Gasteiger partial charge >= 0.3 is 0 Å². The van der Waals surface area contributed by atoms with Crippen molar-refractivity contribution < 1.29 is 14.3 Å². The summed E-state index contributed by atoms with van der Waals surface area (Å²) in [6.07, 6.45) is 0. The van der Waals surface area contributed by atoms with E-state index >= 15 is 0 Å². The van der Waals surface area contributed by atoms with Gasteiger partial charge in [0.25, 0.3) is 0 Å². The highest BCUT2D eigenvalue weighted by Gasteiger charge is 2.30. The molecule has 0 aliphatic carbocycles. The molecule has 1 unspecified atom stereocenters. The van der Waals surface area contributed by atoms with E-state index < -0.39 is 5.54 Å². The number of rotatable bonds is 6. The molecule has 1 atom stereocenters. The number of carbonyl (C=O) groups is 1. The van der Waals surface area contributed by atoms with Crippen LogP contribution in [0.5, 0.6) is 11.5 Å². The Morgan fingerprint density at radius 2 is 1.83 bits per heavy atom. The minimum absolute atomic E-state index is 0. The van der Waals surface area contributed by atoms with E-state index in [9.17, 15) is 4.79 Å². The molecule has 24 heavy (non-hydrogen) atoms. The second-order valence-electron chi connectivity index (χ2n) is 5.32. The summed E-state index contributed by atoms with van der Waals surface area (Å²) in [6.45, 7) is 4.08. The number of halogens is 1. The summed E-state index contributed by atoms with van der Waals surface area (Å²) in [4.78, 5) is 12.6. The molecular formula is C18H23ClN2O3. The number of carbonyl (C=O) groups excluding carboxylic acids is 1. The molecule has 0 radical (unpaired) electrons. The van der Waals surface area contributed by atoms with E-state index in [0.29, 0.717) is 23.8 Å². The Bertz CT molecular complexity index is 675. The largest absolute Gasteiger partial charge is 0.493 e. The first-order chi connectivity index (χ1) is 11.0. The van der Waals surface area contributed by atoms with Gasteiger partial charge in [0.1, 0.15) is 5.54 Å². The molecule has 0 spiro atoms. The minimum Gasteiger partial charge on any atom is -0.493 e. The quantitative estimate of drug-likeness (QED) is 0.838. The van der Waals surface area contributed by atoms with Gasteiger partial charge in [-0.3, -0.25) is 4.79 Å². The lowest BCUT2D eigenvalue weighted by Crippen LogP contribution is -2.45. The molecule has 0 aliphatic heterocycles. The Hall–Kier alpha value is -2.24. The van der Waals surface area contributed by atoms with Crippen LogP contribution in [0.1, 0.15) is 19.4 Å². The number of benzene rings is 2. The number of amides is 1. The molecule has 5 nitrogen and oxygen atoms in total. The first-order valence-electron chi connectivity index (χ1n) is 7.45. The van der Waals surface area contributed by atoms with Crippen LogP contribution in [0.3, 0.4) is 0 Å². The zero-order chi connectivity index (χ0) is 16.9. The molecule has 2 rings (SSSR count). The fourth-order valence-corrected chi connectivity index (χ4v) is 2.20. The standard InChI is InChI=1S/C18H22N2O3.ClH/c1-4-23-16-12-14(10-11-15(16)22-3)20-17(21)18(2,19)13-8-6-5-7-9-13;/h5-12H,4,19H2,1-3H3,(H,20,21);1H. The third kappa shape index (κ3) is 4.40. The molecular weight excluding hydrogens is 328 g/mol. The average Bonchev–Trinajstić information content (AvgIpc) is 2.56. The van der Waals surface area contributed by atoms with Crippen molar-refractivity contribution in [2.45, 2.75) is 19.4 Å². The molecule has 0 saturated carbocycles. The normalized spacial score (nSPS) is 12.5. The zero-order valence-electron chi connectivity index (χ0n) is 14.0. The Balaban J connectivity index is 0.00000288. The van der Waals surface area contributed by atoms with Crippen LogP contribution in [0.4, 0.5) is 5.69 Å². The van der Waals surface area contributed by atoms with Crippen LogP contribution in [0.15, 0.2) is 48.5 Å². The van der Waals surface area contributed by atoms with Crippen LogP contribution >= 0.6 is 12.4 Å². The fourth-order valence-electron chi connectivity index (χ4n) is 2.20. The number of ether oxygens (including phenoxy) is 2. The number of nitrogens with two attached hydrogens (primary N) is 1. The first-order valence-corrected chi connectivity index (χ1v) is 7.45. The van der Waals surface area contributed by atoms with E-state index in [-0.39, 0.29) is 18.3 Å². The number of nitrogens with one attached hydrogen (secondary N) is 1. The topological polar surface area (TPSA) is 73.6 Å². The molecule has 2 aromatic rings. The van der Waals surface area contributed by atoms with E-state index in [1.807, 2.05) is 37.3 Å². The predicted octanol–water partition coefficient (Wildman–Crippen LogP) is 3.33. The van der Waals surface area contributed by atoms with Crippen LogP contribution in [0.2, 0.25) is 0 Å². The second-order valence-corrected chi connectivity index (χ2v) is 5.32. The van der Waals surface area contributed by atoms with Gasteiger partial charge in [-0.1, -0.05) is 30.3 Å². The van der Waals surface area contributed by atoms with Crippen molar-refractivity contribution in [2.24, 2.45) is 5.73 Å². The van der Waals surface area contributed by atoms with Crippen molar-refractivity contribution >= 4 is 24.0 Å². The van der Waals surface area contributed by atoms with E-state index in [4.69, 9.17) is 15.2 Å². The lowest BCUT2D eigenvalue weighted by Gasteiger charge is -2.24. The number of hydrogen-bond acceptors (Lipinski definition) is 4. The summed E-state index contributed by atoms with van der Waals surface area (Å²) in [6, 6.07) is 14.5. The van der Waals surface area contributed by atoms with Crippen LogP contribution in [0.25, 0.3) is 0 Å². The Morgan fingerprint density at radius 1 is 1.17 bits per heavy atom. The molecule has 0 bridgehead atoms. The Morgan fingerprint density at radius 3 is 2.42 bits per heavy atom. The maximum absolute atomic E-state index is 12.6. The third-order valence-corrected chi connectivity index (χ3v) is 3.57. The van der Waals surface area contributed by atoms with E-state index in [1.165, 1.54) is 0 Å². The van der Waals surface area contributed by atoms with Crippen molar-refractivity contribution in [3.63, 3.8) is 0 Å². The van der Waals surface area contributed by atoms with E-state index in [0.717, 1.165) is 5.56 Å². The molecule has 0 aliphatic rings. The van der Waals surface area contributed by atoms with Crippen molar-refractivity contribution in [1.29, 1.82) is 0 Å². The molecule has 0 aromatic heterocycles. The fraction of sp³-hybridized carbons (Fsp3) is 0.278. The summed E-state index contributed by atoms with van der Waals surface area (Å²) < 4.78 is 10.7. The SMILES string of the molecule is CCOc1cc(NC(=O)C(C)(N)c2ccccc2)ccc1OC.Cl. The lowest BCUT2D eigenvalue weighted by atomic mass is 9.92. The molecule has 1 amide bonds. The Labute approximate surface area is 148 Å². The van der Waals surface area contributed by atoms with Gasteiger partial charge in [0.05, 0.1) is 13.7 Å². The average molecular weight is 351 g/mol. The van der Waals surface area contributed by atoms with E-state index in [1.54, 1.807) is 32.2 Å². The van der Waals surface area contributed by atoms with Crippen molar-refractivity contribution in [2.75, 3.05) is 19.0 Å². The monoisotopic (exact) mass is 350 g/mol. The number of anilines is 1. The van der Waals surface area contributed by atoms with Gasteiger partial charge in [0, 0.05) is 11.8 Å². The molecule has 0 heterocycles. The second kappa shape index (κ2) is 8.57. The lowest BCUT2D eigenvalue weighted by molar-refractivity contribution is -0.120. The van der Waals surface area contributed by atoms with Gasteiger partial charge in [0.15, 0.2) is 11.5 Å². The van der Waals surface area contributed by atoms with Gasteiger partial charge < -0.3 is 20.5 Å². The molecule has 0 saturated heterocycles. The maximum atomic E-state index is 12.6. The summed E-state index contributed by atoms with van der Waals surface area (Å²) >= 11 is 0. The summed E-state index contributed by atoms with van der Waals surface area (Å²) in [5.41, 5.74) is 6.43. The zero-order valence-corrected chi connectivity index (χ0v) is 14.9. The smallest absolute Gasteiger partial charge is 0.248 e. The van der Waals surface area contributed by atoms with Gasteiger partial charge in [0.2, 0.25) is 5.91 Å². The molecule has 0 fully saturated rings. The molecule has 2 aromatic carbocycles. The highest BCUT2D eigenvalue weighted by atomic mass is 35.5. The summed E-state index contributed by atoms with van der Waals surface area (Å²) in [7, 11) is 1.57. The Kier molecular flexibility index (Phi) is 7.07. The number of hydrogen-bond donors (Lipinski definition) is 2. The van der Waals surface area contributed by atoms with Gasteiger partial charge in [-0.25, -0.2) is 0 Å². The number of methoxy groups -OCH3 is 1. The summed E-state index contributed by atoms with van der Waals surface area (Å²) in [5, 5.41) is 2.83. The van der Waals surface area contributed by atoms with Crippen molar-refractivity contribution in [3.8, 4) is 11.5 Å². The highest BCUT2D eigenvalue weighted by Crippen LogP contribution is 2.31. The van der Waals surface area contributed by atoms with Crippen molar-refractivity contribution in [3.05, 3.63) is 54.1 Å². The molecule has 6 heteroatoms. The first kappa shape index (κ1) is 19.8. The van der Waals surface area contributed by atoms with Crippen LogP contribution in [0, 0.1) is 0 Å². The third-order valence-electron chi connectivity index (χ3n) is 3.57. The van der Waals surface area contributed by atoms with Crippen LogP contribution in [-0.4, -0.2) is 19.6 Å². The van der Waals surface area contributed by atoms with Crippen molar-refractivity contribution in [1.82, 2.24) is 0 Å². The van der Waals surface area contributed by atoms with Gasteiger partial charge in [-0.15, -0.1) is 12.4 Å². The molecule has 3 N–H and O–H groups in total. The molecule has 130 valence electrons. The highest BCUT2D eigenvalue weighted by molar-refractivity contribution is 5.98. The van der Waals surface area contributed by atoms with E-state index in [2.05, 4.69) is 5.32 Å². The van der Waals surface area contributed by atoms with Gasteiger partial charge in [-0.2, -0.15) is 0 Å². The predicted molar refractivity (Wildman–Crippen MR) is 98.0 cm³/mol. The summed E-state index contributed by atoms with van der Waals surface area (Å²) in [5.74, 6) is 0.894. The minimum atomic E-state index is -1.13. The van der Waals surface area contributed by atoms with Gasteiger partial charge in [-0.05, 0) is 31.5 Å². The van der Waals surface area contributed by atoms with Crippen LogP contribution in [-0.2, 0) is 10.3 Å². The maximum Gasteiger partial charge on any atom is 0.248 e.